The Morgan fingerprint density at radius 3 is 2.76 bits per heavy atom. The first-order chi connectivity index (χ1) is 9.87. The standard InChI is InChI=1S/C13H18Cl2N2O3S/c14-10-3-4-11(12(15)13(10)16)21(19,20)17-6-1-2-9(8-17)5-7-18/h3-4,9,18H,1-2,5-8,16H2. The van der Waals surface area contributed by atoms with Crippen molar-refractivity contribution in [1.82, 2.24) is 4.31 Å². The van der Waals surface area contributed by atoms with Crippen LogP contribution in [0, 0.1) is 5.92 Å². The first-order valence-electron chi connectivity index (χ1n) is 6.72. The maximum atomic E-state index is 12.7. The first-order valence-corrected chi connectivity index (χ1v) is 8.92. The third-order valence-corrected chi connectivity index (χ3v) is 6.48. The van der Waals surface area contributed by atoms with Gasteiger partial charge in [0, 0.05) is 19.7 Å². The number of aliphatic hydroxyl groups is 1. The van der Waals surface area contributed by atoms with Crippen LogP contribution in [-0.4, -0.2) is 37.5 Å². The zero-order chi connectivity index (χ0) is 15.6. The number of nitrogen functional groups attached to an aromatic ring is 1. The lowest BCUT2D eigenvalue weighted by atomic mass is 9.97. The van der Waals surface area contributed by atoms with E-state index in [0.717, 1.165) is 12.8 Å². The molecule has 0 bridgehead atoms. The molecule has 1 aromatic carbocycles. The third kappa shape index (κ3) is 3.46. The second-order valence-electron chi connectivity index (χ2n) is 5.16. The second kappa shape index (κ2) is 6.71. The smallest absolute Gasteiger partial charge is 0.244 e. The van der Waals surface area contributed by atoms with E-state index in [9.17, 15) is 8.42 Å². The van der Waals surface area contributed by atoms with E-state index in [1.807, 2.05) is 0 Å². The Bertz CT molecular complexity index is 620. The van der Waals surface area contributed by atoms with E-state index < -0.39 is 10.0 Å². The van der Waals surface area contributed by atoms with Crippen molar-refractivity contribution < 1.29 is 13.5 Å². The van der Waals surface area contributed by atoms with Crippen LogP contribution in [0.25, 0.3) is 0 Å². The molecule has 1 atom stereocenters. The van der Waals surface area contributed by atoms with Crippen molar-refractivity contribution in [3.8, 4) is 0 Å². The van der Waals surface area contributed by atoms with Gasteiger partial charge in [0.15, 0.2) is 0 Å². The molecule has 5 nitrogen and oxygen atoms in total. The molecule has 1 aliphatic heterocycles. The Hall–Kier alpha value is -0.530. The zero-order valence-electron chi connectivity index (χ0n) is 11.4. The minimum atomic E-state index is -3.70. The van der Waals surface area contributed by atoms with Crippen LogP contribution in [0.4, 0.5) is 5.69 Å². The molecule has 8 heteroatoms. The summed E-state index contributed by atoms with van der Waals surface area (Å²) in [5.74, 6) is 0.168. The molecule has 0 spiro atoms. The first kappa shape index (κ1) is 16.8. The van der Waals surface area contributed by atoms with Crippen molar-refractivity contribution in [3.05, 3.63) is 22.2 Å². The number of rotatable bonds is 4. The summed E-state index contributed by atoms with van der Waals surface area (Å²) in [6.45, 7) is 0.901. The largest absolute Gasteiger partial charge is 0.396 e. The van der Waals surface area contributed by atoms with Gasteiger partial charge in [0.05, 0.1) is 15.7 Å². The maximum Gasteiger partial charge on any atom is 0.244 e. The number of sulfonamides is 1. The van der Waals surface area contributed by atoms with Crippen molar-refractivity contribution in [2.45, 2.75) is 24.2 Å². The van der Waals surface area contributed by atoms with Gasteiger partial charge >= 0.3 is 0 Å². The van der Waals surface area contributed by atoms with Crippen molar-refractivity contribution in [2.24, 2.45) is 5.92 Å². The van der Waals surface area contributed by atoms with E-state index in [2.05, 4.69) is 0 Å². The number of nitrogens with zero attached hydrogens (tertiary/aromatic N) is 1. The highest BCUT2D eigenvalue weighted by molar-refractivity contribution is 7.89. The minimum Gasteiger partial charge on any atom is -0.396 e. The molecule has 2 rings (SSSR count). The maximum absolute atomic E-state index is 12.7. The Kier molecular flexibility index (Phi) is 5.38. The SMILES string of the molecule is Nc1c(Cl)ccc(S(=O)(=O)N2CCCC(CCO)C2)c1Cl. The fraction of sp³-hybridized carbons (Fsp3) is 0.538. The summed E-state index contributed by atoms with van der Waals surface area (Å²) in [6, 6.07) is 2.82. The van der Waals surface area contributed by atoms with E-state index in [4.69, 9.17) is 34.0 Å². The monoisotopic (exact) mass is 352 g/mol. The molecule has 1 unspecified atom stereocenters. The molecule has 1 fully saturated rings. The lowest BCUT2D eigenvalue weighted by molar-refractivity contribution is 0.203. The Morgan fingerprint density at radius 1 is 1.38 bits per heavy atom. The van der Waals surface area contributed by atoms with Gasteiger partial charge < -0.3 is 10.8 Å². The second-order valence-corrected chi connectivity index (χ2v) is 7.85. The molecule has 0 saturated carbocycles. The van der Waals surface area contributed by atoms with Gasteiger partial charge in [-0.2, -0.15) is 4.31 Å². The predicted octanol–water partition coefficient (Wildman–Crippen LogP) is 2.36. The van der Waals surface area contributed by atoms with E-state index in [-0.39, 0.29) is 33.2 Å². The number of piperidine rings is 1. The average molecular weight is 353 g/mol. The summed E-state index contributed by atoms with van der Waals surface area (Å²) < 4.78 is 26.8. The summed E-state index contributed by atoms with van der Waals surface area (Å²) in [5.41, 5.74) is 5.78. The van der Waals surface area contributed by atoms with Crippen LogP contribution in [0.2, 0.25) is 10.0 Å². The van der Waals surface area contributed by atoms with Crippen molar-refractivity contribution >= 4 is 38.9 Å². The molecule has 0 aromatic heterocycles. The average Bonchev–Trinajstić information content (AvgIpc) is 2.45. The molecule has 0 amide bonds. The van der Waals surface area contributed by atoms with Crippen LogP contribution in [0.3, 0.4) is 0 Å². The van der Waals surface area contributed by atoms with Gasteiger partial charge in [0.25, 0.3) is 0 Å². The number of aliphatic hydroxyl groups excluding tert-OH is 1. The summed E-state index contributed by atoms with van der Waals surface area (Å²) >= 11 is 11.9. The van der Waals surface area contributed by atoms with Crippen molar-refractivity contribution in [3.63, 3.8) is 0 Å². The van der Waals surface area contributed by atoms with Gasteiger partial charge in [-0.25, -0.2) is 8.42 Å². The molecule has 0 aliphatic carbocycles. The van der Waals surface area contributed by atoms with Gasteiger partial charge in [0.2, 0.25) is 10.0 Å². The molecule has 1 aromatic rings. The van der Waals surface area contributed by atoms with E-state index in [1.165, 1.54) is 16.4 Å². The molecule has 3 N–H and O–H groups in total. The Morgan fingerprint density at radius 2 is 2.10 bits per heavy atom. The van der Waals surface area contributed by atoms with Crippen LogP contribution in [0.1, 0.15) is 19.3 Å². The molecule has 1 heterocycles. The Balaban J connectivity index is 2.32. The van der Waals surface area contributed by atoms with Gasteiger partial charge in [-0.1, -0.05) is 23.2 Å². The highest BCUT2D eigenvalue weighted by atomic mass is 35.5. The van der Waals surface area contributed by atoms with Gasteiger partial charge in [-0.15, -0.1) is 0 Å². The summed E-state index contributed by atoms with van der Waals surface area (Å²) in [5, 5.41) is 9.21. The quantitative estimate of drug-likeness (QED) is 0.814. The minimum absolute atomic E-state index is 0.0179. The molecule has 1 saturated heterocycles. The molecular weight excluding hydrogens is 335 g/mol. The zero-order valence-corrected chi connectivity index (χ0v) is 13.8. The van der Waals surface area contributed by atoms with Crippen LogP contribution in [0.15, 0.2) is 17.0 Å². The van der Waals surface area contributed by atoms with Crippen molar-refractivity contribution in [2.75, 3.05) is 25.4 Å². The molecule has 0 radical (unpaired) electrons. The predicted molar refractivity (Wildman–Crippen MR) is 84.1 cm³/mol. The number of benzene rings is 1. The normalized spacial score (nSPS) is 20.6. The number of hydrogen-bond donors (Lipinski definition) is 2. The topological polar surface area (TPSA) is 83.6 Å². The number of halogens is 2. The van der Waals surface area contributed by atoms with Gasteiger partial charge in [0.1, 0.15) is 4.90 Å². The highest BCUT2D eigenvalue weighted by Gasteiger charge is 2.32. The summed E-state index contributed by atoms with van der Waals surface area (Å²) in [7, 11) is -3.70. The van der Waals surface area contributed by atoms with E-state index >= 15 is 0 Å². The molecular formula is C13H18Cl2N2O3S. The summed E-state index contributed by atoms with van der Waals surface area (Å²) in [4.78, 5) is -0.0179. The molecule has 1 aliphatic rings. The molecule has 21 heavy (non-hydrogen) atoms. The third-order valence-electron chi connectivity index (χ3n) is 3.73. The van der Waals surface area contributed by atoms with Crippen LogP contribution >= 0.6 is 23.2 Å². The number of anilines is 1. The van der Waals surface area contributed by atoms with Crippen molar-refractivity contribution in [1.29, 1.82) is 0 Å². The molecule has 118 valence electrons. The van der Waals surface area contributed by atoms with Crippen LogP contribution < -0.4 is 5.73 Å². The fourth-order valence-electron chi connectivity index (χ4n) is 2.55. The van der Waals surface area contributed by atoms with Gasteiger partial charge in [-0.3, -0.25) is 0 Å². The number of nitrogens with two attached hydrogens (primary N) is 1. The fourth-order valence-corrected chi connectivity index (χ4v) is 4.85. The lowest BCUT2D eigenvalue weighted by Gasteiger charge is -2.32. The van der Waals surface area contributed by atoms with Crippen LogP contribution in [0.5, 0.6) is 0 Å². The summed E-state index contributed by atoms with van der Waals surface area (Å²) in [6.07, 6.45) is 2.29. The Labute approximate surface area is 134 Å². The van der Waals surface area contributed by atoms with Crippen LogP contribution in [-0.2, 0) is 10.0 Å². The van der Waals surface area contributed by atoms with E-state index in [0.29, 0.717) is 19.5 Å². The lowest BCUT2D eigenvalue weighted by Crippen LogP contribution is -2.40. The highest BCUT2D eigenvalue weighted by Crippen LogP contribution is 2.35. The van der Waals surface area contributed by atoms with Gasteiger partial charge in [-0.05, 0) is 37.3 Å². The van der Waals surface area contributed by atoms with E-state index in [1.54, 1.807) is 0 Å². The number of hydrogen-bond acceptors (Lipinski definition) is 4.